The largest absolute Gasteiger partial charge is 0.364 e. The van der Waals surface area contributed by atoms with Crippen molar-refractivity contribution in [1.82, 2.24) is 4.98 Å². The Kier molecular flexibility index (Phi) is 1.81. The molecule has 1 aliphatic heterocycles. The van der Waals surface area contributed by atoms with Crippen LogP contribution in [-0.2, 0) is 0 Å². The van der Waals surface area contributed by atoms with Gasteiger partial charge in [0.2, 0.25) is 0 Å². The molecule has 0 N–H and O–H groups in total. The lowest BCUT2D eigenvalue weighted by molar-refractivity contribution is 0.111. The van der Waals surface area contributed by atoms with E-state index in [0.29, 0.717) is 11.2 Å². The molecule has 1 aromatic heterocycles. The molecule has 3 rings (SSSR count). The van der Waals surface area contributed by atoms with Gasteiger partial charge in [-0.25, -0.2) is 0 Å². The average Bonchev–Trinajstić information content (AvgIpc) is 2.15. The van der Waals surface area contributed by atoms with Gasteiger partial charge in [0.1, 0.15) is 5.69 Å². The molecule has 15 heavy (non-hydrogen) atoms. The van der Waals surface area contributed by atoms with Gasteiger partial charge in [-0.15, -0.1) is 0 Å². The number of carbonyl (C=O) groups is 1. The van der Waals surface area contributed by atoms with E-state index in [2.05, 4.69) is 9.88 Å². The predicted octanol–water partition coefficient (Wildman–Crippen LogP) is 2.03. The first kappa shape index (κ1) is 8.89. The molecule has 1 saturated carbocycles. The lowest BCUT2D eigenvalue weighted by atomic mass is 9.67. The molecule has 3 heteroatoms. The fourth-order valence-electron chi connectivity index (χ4n) is 2.67. The van der Waals surface area contributed by atoms with Crippen LogP contribution in [0.25, 0.3) is 0 Å². The highest BCUT2D eigenvalue weighted by Crippen LogP contribution is 2.48. The van der Waals surface area contributed by atoms with Crippen molar-refractivity contribution < 1.29 is 4.79 Å². The van der Waals surface area contributed by atoms with Crippen molar-refractivity contribution in [2.24, 2.45) is 0 Å². The quantitative estimate of drug-likeness (QED) is 0.688. The fourth-order valence-corrected chi connectivity index (χ4v) is 2.67. The number of anilines is 1. The van der Waals surface area contributed by atoms with Crippen molar-refractivity contribution in [2.45, 2.75) is 31.2 Å². The van der Waals surface area contributed by atoms with Crippen LogP contribution in [0.4, 0.5) is 5.69 Å². The molecule has 1 aliphatic carbocycles. The maximum Gasteiger partial charge on any atom is 0.168 e. The lowest BCUT2D eigenvalue weighted by Crippen LogP contribution is -2.64. The summed E-state index contributed by atoms with van der Waals surface area (Å²) >= 11 is 0. The zero-order chi connectivity index (χ0) is 10.3. The summed E-state index contributed by atoms with van der Waals surface area (Å²) in [6.07, 6.45) is 7.94. The van der Waals surface area contributed by atoms with Crippen LogP contribution in [0.3, 0.4) is 0 Å². The first-order valence-corrected chi connectivity index (χ1v) is 5.53. The van der Waals surface area contributed by atoms with Gasteiger partial charge in [-0.05, 0) is 37.8 Å². The Hall–Kier alpha value is -1.38. The second-order valence-corrected chi connectivity index (χ2v) is 4.54. The SMILES string of the molecule is O=Cc1ccc(N2CCC23CCC3)cn1. The molecule has 0 radical (unpaired) electrons. The van der Waals surface area contributed by atoms with E-state index < -0.39 is 0 Å². The minimum absolute atomic E-state index is 0.463. The summed E-state index contributed by atoms with van der Waals surface area (Å²) in [5.74, 6) is 0. The van der Waals surface area contributed by atoms with Crippen LogP contribution < -0.4 is 4.90 Å². The summed E-state index contributed by atoms with van der Waals surface area (Å²) in [6.45, 7) is 1.14. The summed E-state index contributed by atoms with van der Waals surface area (Å²) < 4.78 is 0. The van der Waals surface area contributed by atoms with Crippen LogP contribution >= 0.6 is 0 Å². The molecule has 3 nitrogen and oxygen atoms in total. The van der Waals surface area contributed by atoms with E-state index in [9.17, 15) is 4.79 Å². The molecule has 0 bridgehead atoms. The van der Waals surface area contributed by atoms with Gasteiger partial charge in [0, 0.05) is 12.1 Å². The van der Waals surface area contributed by atoms with Crippen LogP contribution in [0.15, 0.2) is 18.3 Å². The first-order chi connectivity index (χ1) is 7.34. The zero-order valence-electron chi connectivity index (χ0n) is 8.65. The monoisotopic (exact) mass is 202 g/mol. The van der Waals surface area contributed by atoms with Crippen molar-refractivity contribution in [3.05, 3.63) is 24.0 Å². The fraction of sp³-hybridized carbons (Fsp3) is 0.500. The molecule has 78 valence electrons. The third kappa shape index (κ3) is 1.19. The van der Waals surface area contributed by atoms with Crippen molar-refractivity contribution in [3.8, 4) is 0 Å². The molecule has 1 spiro atoms. The van der Waals surface area contributed by atoms with Crippen molar-refractivity contribution >= 4 is 12.0 Å². The third-order valence-electron chi connectivity index (χ3n) is 3.86. The van der Waals surface area contributed by atoms with Gasteiger partial charge in [-0.1, -0.05) is 0 Å². The predicted molar refractivity (Wildman–Crippen MR) is 58.2 cm³/mol. The third-order valence-corrected chi connectivity index (χ3v) is 3.86. The Morgan fingerprint density at radius 3 is 2.60 bits per heavy atom. The highest BCUT2D eigenvalue weighted by atomic mass is 16.1. The van der Waals surface area contributed by atoms with Gasteiger partial charge in [0.25, 0.3) is 0 Å². The first-order valence-electron chi connectivity index (χ1n) is 5.53. The van der Waals surface area contributed by atoms with Crippen LogP contribution in [0.2, 0.25) is 0 Å². The smallest absolute Gasteiger partial charge is 0.168 e. The normalized spacial score (nSPS) is 22.0. The van der Waals surface area contributed by atoms with Crippen LogP contribution in [0.1, 0.15) is 36.2 Å². The zero-order valence-corrected chi connectivity index (χ0v) is 8.65. The second-order valence-electron chi connectivity index (χ2n) is 4.54. The lowest BCUT2D eigenvalue weighted by Gasteiger charge is -2.59. The van der Waals surface area contributed by atoms with Crippen molar-refractivity contribution in [2.75, 3.05) is 11.4 Å². The Balaban J connectivity index is 1.83. The molecule has 0 amide bonds. The van der Waals surface area contributed by atoms with Crippen LogP contribution in [0.5, 0.6) is 0 Å². The summed E-state index contributed by atoms with van der Waals surface area (Å²) in [4.78, 5) is 17.0. The molecule has 0 atom stereocenters. The second kappa shape index (κ2) is 3.05. The maximum absolute atomic E-state index is 10.5. The number of carbonyl (C=O) groups excluding carboxylic acids is 1. The van der Waals surface area contributed by atoms with E-state index in [1.807, 2.05) is 12.3 Å². The Labute approximate surface area is 89.1 Å². The van der Waals surface area contributed by atoms with Gasteiger partial charge in [-0.2, -0.15) is 0 Å². The highest BCUT2D eigenvalue weighted by molar-refractivity contribution is 5.72. The molecular formula is C12H14N2O. The molecule has 0 unspecified atom stereocenters. The topological polar surface area (TPSA) is 33.2 Å². The minimum atomic E-state index is 0.463. The van der Waals surface area contributed by atoms with Crippen molar-refractivity contribution in [1.29, 1.82) is 0 Å². The number of hydrogen-bond acceptors (Lipinski definition) is 3. The summed E-state index contributed by atoms with van der Waals surface area (Å²) in [5.41, 5.74) is 2.15. The van der Waals surface area contributed by atoms with E-state index in [1.165, 1.54) is 31.4 Å². The molecule has 2 fully saturated rings. The van der Waals surface area contributed by atoms with E-state index in [0.717, 1.165) is 12.8 Å². The van der Waals surface area contributed by atoms with Crippen molar-refractivity contribution in [3.63, 3.8) is 0 Å². The van der Waals surface area contributed by atoms with Gasteiger partial charge in [0.15, 0.2) is 6.29 Å². The van der Waals surface area contributed by atoms with E-state index in [1.54, 1.807) is 6.07 Å². The van der Waals surface area contributed by atoms with Crippen LogP contribution in [-0.4, -0.2) is 23.4 Å². The maximum atomic E-state index is 10.5. The standard InChI is InChI=1S/C12H14N2O/c15-9-10-2-3-11(8-13-10)14-7-6-12(14)4-1-5-12/h2-3,8-9H,1,4-7H2. The number of rotatable bonds is 2. The van der Waals surface area contributed by atoms with Gasteiger partial charge in [0.05, 0.1) is 11.9 Å². The number of hydrogen-bond donors (Lipinski definition) is 0. The average molecular weight is 202 g/mol. The van der Waals surface area contributed by atoms with Gasteiger partial charge in [-0.3, -0.25) is 9.78 Å². The molecule has 2 heterocycles. The Bertz CT molecular complexity index is 376. The molecular weight excluding hydrogens is 188 g/mol. The molecule has 2 aliphatic rings. The molecule has 0 aromatic carbocycles. The Morgan fingerprint density at radius 2 is 2.20 bits per heavy atom. The molecule has 1 aromatic rings. The van der Waals surface area contributed by atoms with Gasteiger partial charge < -0.3 is 4.90 Å². The van der Waals surface area contributed by atoms with Crippen LogP contribution in [0, 0.1) is 0 Å². The number of nitrogens with zero attached hydrogens (tertiary/aromatic N) is 2. The summed E-state index contributed by atoms with van der Waals surface area (Å²) in [6, 6.07) is 3.81. The van der Waals surface area contributed by atoms with E-state index >= 15 is 0 Å². The van der Waals surface area contributed by atoms with Gasteiger partial charge >= 0.3 is 0 Å². The number of pyridine rings is 1. The van der Waals surface area contributed by atoms with E-state index in [-0.39, 0.29) is 0 Å². The Morgan fingerprint density at radius 1 is 1.33 bits per heavy atom. The number of aromatic nitrogens is 1. The summed E-state index contributed by atoms with van der Waals surface area (Å²) in [5, 5.41) is 0. The molecule has 1 saturated heterocycles. The summed E-state index contributed by atoms with van der Waals surface area (Å²) in [7, 11) is 0. The minimum Gasteiger partial charge on any atom is -0.364 e. The number of aldehydes is 1. The highest BCUT2D eigenvalue weighted by Gasteiger charge is 2.48. The van der Waals surface area contributed by atoms with E-state index in [4.69, 9.17) is 0 Å².